The fourth-order valence-electron chi connectivity index (χ4n) is 3.53. The molecule has 33 heavy (non-hydrogen) atoms. The normalized spacial score (nSPS) is 15.5. The highest BCUT2D eigenvalue weighted by Crippen LogP contribution is 2.35. The number of imide groups is 1. The summed E-state index contributed by atoms with van der Waals surface area (Å²) in [5.74, 6) is -0.0469. The van der Waals surface area contributed by atoms with Crippen LogP contribution in [0.15, 0.2) is 57.8 Å². The molecule has 3 heterocycles. The van der Waals surface area contributed by atoms with Crippen LogP contribution in [0.4, 0.5) is 10.7 Å². The number of aryl methyl sites for hydroxylation is 1. The zero-order chi connectivity index (χ0) is 23.8. The van der Waals surface area contributed by atoms with E-state index in [0.717, 1.165) is 5.56 Å². The fraction of sp³-hybridized carbons (Fsp3) is 0.273. The van der Waals surface area contributed by atoms with Crippen molar-refractivity contribution in [3.05, 3.63) is 53.5 Å². The van der Waals surface area contributed by atoms with Gasteiger partial charge in [-0.05, 0) is 56.0 Å². The first-order chi connectivity index (χ1) is 15.6. The molecule has 3 amide bonds. The summed E-state index contributed by atoms with van der Waals surface area (Å²) in [7, 11) is -3.72. The van der Waals surface area contributed by atoms with E-state index in [0.29, 0.717) is 23.1 Å². The fourth-order valence-corrected chi connectivity index (χ4v) is 6.30. The lowest BCUT2D eigenvalue weighted by molar-refractivity contribution is -0.125. The average molecular weight is 486 g/mol. The summed E-state index contributed by atoms with van der Waals surface area (Å²) < 4.78 is 26.5. The van der Waals surface area contributed by atoms with E-state index in [1.165, 1.54) is 16.2 Å². The number of hydrogen-bond donors (Lipinski definition) is 2. The monoisotopic (exact) mass is 485 g/mol. The van der Waals surface area contributed by atoms with Crippen molar-refractivity contribution >= 4 is 39.1 Å². The molecule has 2 aromatic heterocycles. The number of hydrogen-bond acceptors (Lipinski definition) is 8. The molecule has 9 nitrogen and oxygen atoms in total. The summed E-state index contributed by atoms with van der Waals surface area (Å²) in [6.45, 7) is 5.78. The first kappa shape index (κ1) is 22.9. The third-order valence-corrected chi connectivity index (χ3v) is 8.28. The van der Waals surface area contributed by atoms with Crippen LogP contribution >= 0.6 is 11.3 Å². The molecule has 0 spiro atoms. The predicted octanol–water partition coefficient (Wildman–Crippen LogP) is 3.09. The van der Waals surface area contributed by atoms with E-state index in [1.54, 1.807) is 55.8 Å². The van der Waals surface area contributed by atoms with Gasteiger partial charge in [0.25, 0.3) is 5.91 Å². The van der Waals surface area contributed by atoms with Crippen LogP contribution in [-0.4, -0.2) is 53.9 Å². The summed E-state index contributed by atoms with van der Waals surface area (Å²) in [5, 5.41) is 7.07. The lowest BCUT2D eigenvalue weighted by Gasteiger charge is -2.27. The summed E-state index contributed by atoms with van der Waals surface area (Å²) in [4.78, 5) is 34.9. The number of nitrogens with one attached hydrogen (secondary N) is 2. The molecule has 0 atom stereocenters. The van der Waals surface area contributed by atoms with Gasteiger partial charge in [0.1, 0.15) is 5.54 Å². The van der Waals surface area contributed by atoms with E-state index in [1.807, 2.05) is 13.0 Å². The first-order valence-electron chi connectivity index (χ1n) is 10.2. The average Bonchev–Trinajstić information content (AvgIpc) is 3.33. The van der Waals surface area contributed by atoms with Gasteiger partial charge in [0, 0.05) is 19.3 Å². The number of carbonyl (C=O) groups excluding carboxylic acids is 2. The van der Waals surface area contributed by atoms with E-state index in [9.17, 15) is 18.0 Å². The van der Waals surface area contributed by atoms with Crippen LogP contribution in [0, 0.1) is 6.92 Å². The number of urea groups is 1. The van der Waals surface area contributed by atoms with E-state index >= 15 is 0 Å². The Morgan fingerprint density at radius 2 is 1.97 bits per heavy atom. The Labute approximate surface area is 195 Å². The molecule has 1 aliphatic rings. The van der Waals surface area contributed by atoms with Gasteiger partial charge in [-0.3, -0.25) is 10.1 Å². The van der Waals surface area contributed by atoms with Crippen LogP contribution in [0.3, 0.4) is 0 Å². The molecule has 0 saturated carbocycles. The maximum absolute atomic E-state index is 13.2. The van der Waals surface area contributed by atoms with Crippen LogP contribution in [0.2, 0.25) is 0 Å². The van der Waals surface area contributed by atoms with Crippen molar-refractivity contribution in [3.63, 3.8) is 0 Å². The zero-order valence-electron chi connectivity index (χ0n) is 18.3. The van der Waals surface area contributed by atoms with Crippen LogP contribution in [0.25, 0.3) is 10.6 Å². The SMILES string of the molecule is Cc1cccc(S(=O)(=O)c2ccsc2-c2ccnc(NCCN3C(=O)NC(=O)C3(C)C)n2)c1. The molecule has 1 saturated heterocycles. The molecule has 172 valence electrons. The van der Waals surface area contributed by atoms with Crippen molar-refractivity contribution in [3.8, 4) is 10.6 Å². The summed E-state index contributed by atoms with van der Waals surface area (Å²) >= 11 is 1.29. The Bertz CT molecular complexity index is 1330. The van der Waals surface area contributed by atoms with E-state index in [2.05, 4.69) is 20.6 Å². The Kier molecular flexibility index (Phi) is 5.93. The number of sulfone groups is 1. The summed E-state index contributed by atoms with van der Waals surface area (Å²) in [5.41, 5.74) is 0.401. The van der Waals surface area contributed by atoms with Crippen molar-refractivity contribution in [1.82, 2.24) is 20.2 Å². The number of anilines is 1. The Morgan fingerprint density at radius 1 is 1.18 bits per heavy atom. The quantitative estimate of drug-likeness (QED) is 0.493. The highest BCUT2D eigenvalue weighted by Gasteiger charge is 2.45. The Morgan fingerprint density at radius 3 is 2.67 bits per heavy atom. The second-order valence-electron chi connectivity index (χ2n) is 8.10. The zero-order valence-corrected chi connectivity index (χ0v) is 20.0. The van der Waals surface area contributed by atoms with Gasteiger partial charge in [-0.1, -0.05) is 12.1 Å². The van der Waals surface area contributed by atoms with Crippen molar-refractivity contribution < 1.29 is 18.0 Å². The number of thiophene rings is 1. The van der Waals surface area contributed by atoms with Crippen molar-refractivity contribution in [2.75, 3.05) is 18.4 Å². The standard InChI is InChI=1S/C22H23N5O4S2/c1-14-5-4-6-15(13-14)33(30,31)17-8-12-32-18(17)16-7-9-23-20(25-16)24-10-11-27-21(29)26-19(28)22(27,2)3/h4-9,12-13H,10-11H2,1-3H3,(H,23,24,25)(H,26,28,29). The lowest BCUT2D eigenvalue weighted by atomic mass is 10.0. The Hall–Kier alpha value is -3.31. The third-order valence-electron chi connectivity index (χ3n) is 5.42. The van der Waals surface area contributed by atoms with Crippen LogP contribution in [-0.2, 0) is 14.6 Å². The molecule has 3 aromatic rings. The van der Waals surface area contributed by atoms with Gasteiger partial charge in [0.05, 0.1) is 20.4 Å². The number of amides is 3. The predicted molar refractivity (Wildman–Crippen MR) is 125 cm³/mol. The van der Waals surface area contributed by atoms with Gasteiger partial charge >= 0.3 is 6.03 Å². The number of aromatic nitrogens is 2. The van der Waals surface area contributed by atoms with Gasteiger partial charge in [-0.2, -0.15) is 0 Å². The van der Waals surface area contributed by atoms with Gasteiger partial charge < -0.3 is 10.2 Å². The van der Waals surface area contributed by atoms with Crippen LogP contribution < -0.4 is 10.6 Å². The van der Waals surface area contributed by atoms with Gasteiger partial charge in [0.2, 0.25) is 15.8 Å². The van der Waals surface area contributed by atoms with Crippen molar-refractivity contribution in [2.45, 2.75) is 36.1 Å². The molecule has 0 unspecified atom stereocenters. The molecule has 4 rings (SSSR count). The lowest BCUT2D eigenvalue weighted by Crippen LogP contribution is -2.46. The third kappa shape index (κ3) is 4.33. The largest absolute Gasteiger partial charge is 0.352 e. The number of benzene rings is 1. The summed E-state index contributed by atoms with van der Waals surface area (Å²) in [6, 6.07) is 9.59. The summed E-state index contributed by atoms with van der Waals surface area (Å²) in [6.07, 6.45) is 1.55. The minimum absolute atomic E-state index is 0.191. The second kappa shape index (κ2) is 8.56. The van der Waals surface area contributed by atoms with Gasteiger partial charge in [-0.15, -0.1) is 11.3 Å². The number of rotatable bonds is 7. The van der Waals surface area contributed by atoms with E-state index in [4.69, 9.17) is 0 Å². The second-order valence-corrected chi connectivity index (χ2v) is 10.9. The molecular weight excluding hydrogens is 462 g/mol. The molecular formula is C22H23N5O4S2. The minimum Gasteiger partial charge on any atom is -0.352 e. The Balaban J connectivity index is 1.53. The maximum atomic E-state index is 13.2. The molecule has 0 bridgehead atoms. The molecule has 2 N–H and O–H groups in total. The highest BCUT2D eigenvalue weighted by atomic mass is 32.2. The van der Waals surface area contributed by atoms with Crippen molar-refractivity contribution in [2.24, 2.45) is 0 Å². The first-order valence-corrected chi connectivity index (χ1v) is 12.6. The highest BCUT2D eigenvalue weighted by molar-refractivity contribution is 7.91. The topological polar surface area (TPSA) is 121 Å². The number of nitrogens with zero attached hydrogens (tertiary/aromatic N) is 3. The molecule has 0 radical (unpaired) electrons. The van der Waals surface area contributed by atoms with Gasteiger partial charge in [0.15, 0.2) is 0 Å². The van der Waals surface area contributed by atoms with E-state index in [-0.39, 0.29) is 22.2 Å². The van der Waals surface area contributed by atoms with Gasteiger partial charge in [-0.25, -0.2) is 23.2 Å². The van der Waals surface area contributed by atoms with E-state index < -0.39 is 21.4 Å². The van der Waals surface area contributed by atoms with Crippen LogP contribution in [0.5, 0.6) is 0 Å². The minimum atomic E-state index is -3.72. The molecule has 1 aromatic carbocycles. The smallest absolute Gasteiger partial charge is 0.325 e. The van der Waals surface area contributed by atoms with Crippen molar-refractivity contribution in [1.29, 1.82) is 0 Å². The van der Waals surface area contributed by atoms with Crippen LogP contribution in [0.1, 0.15) is 19.4 Å². The molecule has 1 fully saturated rings. The molecule has 1 aliphatic heterocycles. The maximum Gasteiger partial charge on any atom is 0.325 e. The molecule has 11 heteroatoms. The molecule has 0 aliphatic carbocycles. The number of carbonyl (C=O) groups is 2.